The molecule has 0 atom stereocenters. The molecule has 3 heterocycles. The van der Waals surface area contributed by atoms with Crippen LogP contribution in [0.25, 0.3) is 11.4 Å². The second kappa shape index (κ2) is 6.91. The SMILES string of the molecule is c1cc(CCc2nc(-c3ccc(N4CCCCC4)cc3)no2)co1. The van der Waals surface area contributed by atoms with E-state index in [1.807, 2.05) is 6.07 Å². The maximum Gasteiger partial charge on any atom is 0.227 e. The van der Waals surface area contributed by atoms with E-state index < -0.39 is 0 Å². The summed E-state index contributed by atoms with van der Waals surface area (Å²) in [7, 11) is 0. The third-order valence-corrected chi connectivity index (χ3v) is 4.52. The lowest BCUT2D eigenvalue weighted by Gasteiger charge is -2.28. The second-order valence-electron chi connectivity index (χ2n) is 6.24. The fourth-order valence-electron chi connectivity index (χ4n) is 3.13. The summed E-state index contributed by atoms with van der Waals surface area (Å²) < 4.78 is 10.4. The zero-order valence-corrected chi connectivity index (χ0v) is 13.6. The van der Waals surface area contributed by atoms with Gasteiger partial charge < -0.3 is 13.8 Å². The topological polar surface area (TPSA) is 55.3 Å². The Kier molecular flexibility index (Phi) is 4.32. The van der Waals surface area contributed by atoms with Crippen molar-refractivity contribution in [3.05, 3.63) is 54.3 Å². The van der Waals surface area contributed by atoms with Gasteiger partial charge in [0.25, 0.3) is 0 Å². The summed E-state index contributed by atoms with van der Waals surface area (Å²) >= 11 is 0. The number of hydrogen-bond acceptors (Lipinski definition) is 5. The molecule has 5 nitrogen and oxygen atoms in total. The standard InChI is InChI=1S/C19H21N3O2/c1-2-11-22(12-3-1)17-7-5-16(6-8-17)19-20-18(24-21-19)9-4-15-10-13-23-14-15/h5-8,10,13-14H,1-4,9,11-12H2. The number of furan rings is 1. The fraction of sp³-hybridized carbons (Fsp3) is 0.368. The van der Waals surface area contributed by atoms with Crippen LogP contribution in [0.5, 0.6) is 0 Å². The van der Waals surface area contributed by atoms with Crippen molar-refractivity contribution >= 4 is 5.69 Å². The number of nitrogens with zero attached hydrogens (tertiary/aromatic N) is 3. The van der Waals surface area contributed by atoms with E-state index in [1.54, 1.807) is 12.5 Å². The van der Waals surface area contributed by atoms with Gasteiger partial charge in [0.05, 0.1) is 12.5 Å². The summed E-state index contributed by atoms with van der Waals surface area (Å²) in [5.41, 5.74) is 3.41. The number of aromatic nitrogens is 2. The zero-order valence-electron chi connectivity index (χ0n) is 13.6. The largest absolute Gasteiger partial charge is 0.472 e. The molecule has 1 aliphatic rings. The molecule has 0 unspecified atom stereocenters. The zero-order chi connectivity index (χ0) is 16.2. The monoisotopic (exact) mass is 323 g/mol. The van der Waals surface area contributed by atoms with Crippen LogP contribution in [0.4, 0.5) is 5.69 Å². The maximum atomic E-state index is 5.36. The minimum atomic E-state index is 0.655. The van der Waals surface area contributed by atoms with E-state index in [0.717, 1.165) is 37.1 Å². The number of piperidine rings is 1. The van der Waals surface area contributed by atoms with E-state index in [9.17, 15) is 0 Å². The molecule has 1 fully saturated rings. The van der Waals surface area contributed by atoms with Crippen LogP contribution in [-0.2, 0) is 12.8 Å². The van der Waals surface area contributed by atoms with Crippen molar-refractivity contribution in [1.82, 2.24) is 10.1 Å². The van der Waals surface area contributed by atoms with Crippen LogP contribution in [0.3, 0.4) is 0 Å². The molecule has 0 saturated carbocycles. The lowest BCUT2D eigenvalue weighted by atomic mass is 10.1. The molecular formula is C19H21N3O2. The third kappa shape index (κ3) is 3.35. The Balaban J connectivity index is 1.42. The van der Waals surface area contributed by atoms with Crippen molar-refractivity contribution in [2.75, 3.05) is 18.0 Å². The molecule has 5 heteroatoms. The highest BCUT2D eigenvalue weighted by molar-refractivity contribution is 5.60. The quantitative estimate of drug-likeness (QED) is 0.707. The van der Waals surface area contributed by atoms with E-state index in [1.165, 1.54) is 24.9 Å². The van der Waals surface area contributed by atoms with Crippen molar-refractivity contribution in [3.8, 4) is 11.4 Å². The van der Waals surface area contributed by atoms with Crippen molar-refractivity contribution < 1.29 is 8.94 Å². The molecule has 0 N–H and O–H groups in total. The number of anilines is 1. The minimum absolute atomic E-state index is 0.655. The molecule has 0 aliphatic carbocycles. The maximum absolute atomic E-state index is 5.36. The van der Waals surface area contributed by atoms with Gasteiger partial charge in [-0.25, -0.2) is 0 Å². The Morgan fingerprint density at radius 3 is 2.54 bits per heavy atom. The molecule has 0 spiro atoms. The van der Waals surface area contributed by atoms with Crippen molar-refractivity contribution in [1.29, 1.82) is 0 Å². The number of benzene rings is 1. The van der Waals surface area contributed by atoms with Gasteiger partial charge >= 0.3 is 0 Å². The molecular weight excluding hydrogens is 302 g/mol. The molecule has 4 rings (SSSR count). The molecule has 1 saturated heterocycles. The molecule has 0 radical (unpaired) electrons. The number of hydrogen-bond donors (Lipinski definition) is 0. The van der Waals surface area contributed by atoms with E-state index in [0.29, 0.717) is 11.7 Å². The van der Waals surface area contributed by atoms with Gasteiger partial charge in [0.2, 0.25) is 11.7 Å². The summed E-state index contributed by atoms with van der Waals surface area (Å²) in [6, 6.07) is 10.4. The average Bonchev–Trinajstić information content (AvgIpc) is 3.33. The number of rotatable bonds is 5. The lowest BCUT2D eigenvalue weighted by Crippen LogP contribution is -2.29. The van der Waals surface area contributed by atoms with E-state index >= 15 is 0 Å². The van der Waals surface area contributed by atoms with E-state index in [4.69, 9.17) is 8.94 Å². The van der Waals surface area contributed by atoms with Crippen LogP contribution in [0.15, 0.2) is 51.8 Å². The summed E-state index contributed by atoms with van der Waals surface area (Å²) in [6.07, 6.45) is 8.90. The Labute approximate surface area is 141 Å². The predicted octanol–water partition coefficient (Wildman–Crippen LogP) is 4.11. The Hall–Kier alpha value is -2.56. The summed E-state index contributed by atoms with van der Waals surface area (Å²) in [4.78, 5) is 6.94. The lowest BCUT2D eigenvalue weighted by molar-refractivity contribution is 0.378. The summed E-state index contributed by atoms with van der Waals surface area (Å²) in [5, 5.41) is 4.11. The summed E-state index contributed by atoms with van der Waals surface area (Å²) in [6.45, 7) is 2.30. The number of aryl methyl sites for hydroxylation is 2. The Bertz CT molecular complexity index is 756. The fourth-order valence-corrected chi connectivity index (χ4v) is 3.13. The van der Waals surface area contributed by atoms with Crippen LogP contribution in [-0.4, -0.2) is 23.2 Å². The van der Waals surface area contributed by atoms with Crippen LogP contribution >= 0.6 is 0 Å². The van der Waals surface area contributed by atoms with Crippen LogP contribution in [0, 0.1) is 0 Å². The highest BCUT2D eigenvalue weighted by Crippen LogP contribution is 2.24. The van der Waals surface area contributed by atoms with Gasteiger partial charge in [-0.05, 0) is 61.6 Å². The molecule has 0 bridgehead atoms. The van der Waals surface area contributed by atoms with Gasteiger partial charge in [0.15, 0.2) is 0 Å². The van der Waals surface area contributed by atoms with Crippen molar-refractivity contribution in [3.63, 3.8) is 0 Å². The first-order chi connectivity index (χ1) is 11.9. The normalized spacial score (nSPS) is 14.9. The van der Waals surface area contributed by atoms with Crippen LogP contribution in [0.1, 0.15) is 30.7 Å². The first-order valence-corrected chi connectivity index (χ1v) is 8.57. The van der Waals surface area contributed by atoms with Crippen LogP contribution < -0.4 is 4.90 Å². The van der Waals surface area contributed by atoms with Gasteiger partial charge in [0.1, 0.15) is 0 Å². The molecule has 0 amide bonds. The molecule has 3 aromatic rings. The first kappa shape index (κ1) is 15.0. The molecule has 2 aromatic heterocycles. The van der Waals surface area contributed by atoms with Gasteiger partial charge in [-0.3, -0.25) is 0 Å². The van der Waals surface area contributed by atoms with Crippen molar-refractivity contribution in [2.45, 2.75) is 32.1 Å². The van der Waals surface area contributed by atoms with Crippen molar-refractivity contribution in [2.24, 2.45) is 0 Å². The minimum Gasteiger partial charge on any atom is -0.472 e. The van der Waals surface area contributed by atoms with Gasteiger partial charge in [-0.1, -0.05) is 5.16 Å². The van der Waals surface area contributed by atoms with E-state index in [-0.39, 0.29) is 0 Å². The smallest absolute Gasteiger partial charge is 0.227 e. The molecule has 1 aromatic carbocycles. The predicted molar refractivity (Wildman–Crippen MR) is 91.9 cm³/mol. The average molecular weight is 323 g/mol. The van der Waals surface area contributed by atoms with Crippen LogP contribution in [0.2, 0.25) is 0 Å². The Morgan fingerprint density at radius 1 is 0.958 bits per heavy atom. The molecule has 124 valence electrons. The molecule has 24 heavy (non-hydrogen) atoms. The van der Waals surface area contributed by atoms with E-state index in [2.05, 4.69) is 39.3 Å². The second-order valence-corrected chi connectivity index (χ2v) is 6.24. The van der Waals surface area contributed by atoms with Gasteiger partial charge in [-0.15, -0.1) is 0 Å². The van der Waals surface area contributed by atoms with Gasteiger partial charge in [0, 0.05) is 30.8 Å². The highest BCUT2D eigenvalue weighted by atomic mass is 16.5. The third-order valence-electron chi connectivity index (χ3n) is 4.52. The Morgan fingerprint density at radius 2 is 1.79 bits per heavy atom. The highest BCUT2D eigenvalue weighted by Gasteiger charge is 2.12. The molecule has 1 aliphatic heterocycles. The summed E-state index contributed by atoms with van der Waals surface area (Å²) in [5.74, 6) is 1.31. The van der Waals surface area contributed by atoms with Gasteiger partial charge in [-0.2, -0.15) is 4.98 Å². The first-order valence-electron chi connectivity index (χ1n) is 8.57.